The molecule has 2 aliphatic rings. The number of ether oxygens (including phenoxy) is 1. The molecule has 2 heterocycles. The van der Waals surface area contributed by atoms with Crippen LogP contribution in [0.5, 0.6) is 0 Å². The molecule has 0 bridgehead atoms. The van der Waals surface area contributed by atoms with Crippen molar-refractivity contribution in [2.45, 2.75) is 71.4 Å². The summed E-state index contributed by atoms with van der Waals surface area (Å²) in [5.41, 5.74) is -0.120. The van der Waals surface area contributed by atoms with E-state index >= 15 is 0 Å². The first kappa shape index (κ1) is 17.4. The molecule has 3 rings (SSSR count). The van der Waals surface area contributed by atoms with Gasteiger partial charge >= 0.3 is 0 Å². The molecule has 1 amide bonds. The van der Waals surface area contributed by atoms with E-state index in [9.17, 15) is 4.79 Å². The Kier molecular flexibility index (Phi) is 4.22. The number of carbonyl (C=O) groups excluding carboxylic acids is 1. The summed E-state index contributed by atoms with van der Waals surface area (Å²) in [6.07, 6.45) is 2.23. The van der Waals surface area contributed by atoms with Gasteiger partial charge in [-0.05, 0) is 6.42 Å². The van der Waals surface area contributed by atoms with E-state index in [0.29, 0.717) is 36.6 Å². The quantitative estimate of drug-likeness (QED) is 0.846. The average molecular weight is 335 g/mol. The van der Waals surface area contributed by atoms with E-state index in [2.05, 4.69) is 24.0 Å². The van der Waals surface area contributed by atoms with E-state index in [1.807, 2.05) is 32.7 Å². The summed E-state index contributed by atoms with van der Waals surface area (Å²) in [5.74, 6) is 1.83. The third-order valence-corrected chi connectivity index (χ3v) is 5.54. The van der Waals surface area contributed by atoms with Crippen molar-refractivity contribution in [3.63, 3.8) is 0 Å². The highest BCUT2D eigenvalue weighted by molar-refractivity contribution is 5.76. The maximum Gasteiger partial charge on any atom is 0.227 e. The van der Waals surface area contributed by atoms with Gasteiger partial charge in [-0.15, -0.1) is 0 Å². The van der Waals surface area contributed by atoms with Crippen LogP contribution < -0.4 is 0 Å². The first-order chi connectivity index (χ1) is 11.1. The van der Waals surface area contributed by atoms with Gasteiger partial charge in [-0.1, -0.05) is 39.8 Å². The van der Waals surface area contributed by atoms with E-state index in [0.717, 1.165) is 13.0 Å². The van der Waals surface area contributed by atoms with Gasteiger partial charge < -0.3 is 14.2 Å². The van der Waals surface area contributed by atoms with Crippen molar-refractivity contribution < 1.29 is 14.1 Å². The molecule has 1 saturated carbocycles. The van der Waals surface area contributed by atoms with Crippen molar-refractivity contribution >= 4 is 5.91 Å². The Morgan fingerprint density at radius 2 is 2.08 bits per heavy atom. The lowest BCUT2D eigenvalue weighted by Gasteiger charge is -2.57. The average Bonchev–Trinajstić information content (AvgIpc) is 3.11. The molecule has 24 heavy (non-hydrogen) atoms. The monoisotopic (exact) mass is 335 g/mol. The highest BCUT2D eigenvalue weighted by Gasteiger charge is 2.61. The van der Waals surface area contributed by atoms with Crippen LogP contribution in [0.3, 0.4) is 0 Å². The number of aryl methyl sites for hydroxylation is 1. The molecule has 1 aromatic rings. The van der Waals surface area contributed by atoms with E-state index in [1.165, 1.54) is 0 Å². The molecule has 0 spiro atoms. The van der Waals surface area contributed by atoms with E-state index in [4.69, 9.17) is 9.26 Å². The smallest absolute Gasteiger partial charge is 0.227 e. The fourth-order valence-electron chi connectivity index (χ4n) is 4.29. The van der Waals surface area contributed by atoms with E-state index in [1.54, 1.807) is 0 Å². The standard InChI is InChI=1S/C18H29N3O3/c1-17(2,3)16-19-12(24-20-16)7-8-13(22)21(6)14-11-9-10-23-15(11)18(14,4)5/h11,14-15H,7-10H2,1-6H3/t11-,14+,15-/m0/s1. The molecule has 2 fully saturated rings. The maximum absolute atomic E-state index is 12.6. The lowest BCUT2D eigenvalue weighted by atomic mass is 9.57. The van der Waals surface area contributed by atoms with Crippen molar-refractivity contribution in [1.82, 2.24) is 15.0 Å². The van der Waals surface area contributed by atoms with Crippen LogP contribution in [0.1, 0.15) is 59.2 Å². The molecule has 6 nitrogen and oxygen atoms in total. The molecule has 0 radical (unpaired) electrons. The first-order valence-corrected chi connectivity index (χ1v) is 8.82. The van der Waals surface area contributed by atoms with Gasteiger partial charge in [-0.2, -0.15) is 4.98 Å². The van der Waals surface area contributed by atoms with Crippen LogP contribution in [0.25, 0.3) is 0 Å². The summed E-state index contributed by atoms with van der Waals surface area (Å²) < 4.78 is 11.1. The maximum atomic E-state index is 12.6. The summed E-state index contributed by atoms with van der Waals surface area (Å²) >= 11 is 0. The Bertz CT molecular complexity index is 617. The number of fused-ring (bicyclic) bond motifs is 1. The molecular weight excluding hydrogens is 306 g/mol. The number of amides is 1. The summed E-state index contributed by atoms with van der Waals surface area (Å²) in [7, 11) is 1.91. The van der Waals surface area contributed by atoms with Crippen molar-refractivity contribution in [2.24, 2.45) is 11.3 Å². The number of nitrogens with zero attached hydrogens (tertiary/aromatic N) is 3. The summed E-state index contributed by atoms with van der Waals surface area (Å²) in [4.78, 5) is 18.9. The van der Waals surface area contributed by atoms with Gasteiger partial charge in [0.1, 0.15) is 0 Å². The molecule has 1 saturated heterocycles. The van der Waals surface area contributed by atoms with E-state index < -0.39 is 0 Å². The molecule has 0 aromatic carbocycles. The van der Waals surface area contributed by atoms with Gasteiger partial charge in [0.25, 0.3) is 0 Å². The fourth-order valence-corrected chi connectivity index (χ4v) is 4.29. The van der Waals surface area contributed by atoms with Crippen LogP contribution in [0, 0.1) is 11.3 Å². The summed E-state index contributed by atoms with van der Waals surface area (Å²) in [6.45, 7) is 11.3. The second kappa shape index (κ2) is 5.83. The predicted octanol–water partition coefficient (Wildman–Crippen LogP) is 2.57. The van der Waals surface area contributed by atoms with Gasteiger partial charge in [0.05, 0.1) is 6.10 Å². The zero-order chi connectivity index (χ0) is 17.7. The summed E-state index contributed by atoms with van der Waals surface area (Å²) in [6, 6.07) is 0.255. The van der Waals surface area contributed by atoms with Gasteiger partial charge in [0, 0.05) is 49.3 Å². The molecule has 0 N–H and O–H groups in total. The molecule has 1 aromatic heterocycles. The largest absolute Gasteiger partial charge is 0.377 e. The molecular formula is C18H29N3O3. The molecule has 134 valence electrons. The van der Waals surface area contributed by atoms with Crippen LogP contribution in [0.15, 0.2) is 4.52 Å². The van der Waals surface area contributed by atoms with Crippen molar-refractivity contribution in [3.8, 4) is 0 Å². The zero-order valence-electron chi connectivity index (χ0n) is 15.6. The molecule has 1 aliphatic carbocycles. The van der Waals surface area contributed by atoms with Crippen LogP contribution >= 0.6 is 0 Å². The highest BCUT2D eigenvalue weighted by atomic mass is 16.5. The molecule has 0 unspecified atom stereocenters. The number of hydrogen-bond acceptors (Lipinski definition) is 5. The van der Waals surface area contributed by atoms with Crippen molar-refractivity contribution in [1.29, 1.82) is 0 Å². The topological polar surface area (TPSA) is 68.5 Å². The van der Waals surface area contributed by atoms with Crippen LogP contribution in [-0.4, -0.2) is 46.7 Å². The zero-order valence-corrected chi connectivity index (χ0v) is 15.6. The Balaban J connectivity index is 1.58. The second-order valence-corrected chi connectivity index (χ2v) is 8.78. The number of hydrogen-bond donors (Lipinski definition) is 0. The lowest BCUT2D eigenvalue weighted by molar-refractivity contribution is -0.167. The molecule has 6 heteroatoms. The minimum absolute atomic E-state index is 0.0233. The van der Waals surface area contributed by atoms with Crippen molar-refractivity contribution in [3.05, 3.63) is 11.7 Å². The van der Waals surface area contributed by atoms with Gasteiger partial charge in [0.2, 0.25) is 11.8 Å². The van der Waals surface area contributed by atoms with Crippen LogP contribution in [0.4, 0.5) is 0 Å². The minimum Gasteiger partial charge on any atom is -0.377 e. The normalized spacial score (nSPS) is 28.3. The highest BCUT2D eigenvalue weighted by Crippen LogP contribution is 2.54. The van der Waals surface area contributed by atoms with E-state index in [-0.39, 0.29) is 22.8 Å². The summed E-state index contributed by atoms with van der Waals surface area (Å²) in [5, 5.41) is 4.01. The predicted molar refractivity (Wildman–Crippen MR) is 89.5 cm³/mol. The third kappa shape index (κ3) is 2.85. The van der Waals surface area contributed by atoms with Crippen LogP contribution in [-0.2, 0) is 21.4 Å². The van der Waals surface area contributed by atoms with Gasteiger partial charge in [-0.25, -0.2) is 0 Å². The first-order valence-electron chi connectivity index (χ1n) is 8.82. The number of rotatable bonds is 4. The van der Waals surface area contributed by atoms with Gasteiger partial charge in [-0.3, -0.25) is 4.79 Å². The van der Waals surface area contributed by atoms with Crippen LogP contribution in [0.2, 0.25) is 0 Å². The minimum atomic E-state index is -0.143. The Morgan fingerprint density at radius 3 is 2.71 bits per heavy atom. The number of carbonyl (C=O) groups is 1. The Hall–Kier alpha value is -1.43. The fraction of sp³-hybridized carbons (Fsp3) is 0.833. The Labute approximate surface area is 143 Å². The Morgan fingerprint density at radius 1 is 1.38 bits per heavy atom. The lowest BCUT2D eigenvalue weighted by Crippen LogP contribution is -2.66. The SMILES string of the molecule is CN(C(=O)CCc1nc(C(C)(C)C)no1)[C@@H]1[C@@H]2CCO[C@@H]2C1(C)C. The second-order valence-electron chi connectivity index (χ2n) is 8.78. The van der Waals surface area contributed by atoms with Gasteiger partial charge in [0.15, 0.2) is 5.82 Å². The molecule has 3 atom stereocenters. The third-order valence-electron chi connectivity index (χ3n) is 5.54. The number of aromatic nitrogens is 2. The molecule has 1 aliphatic heterocycles. The van der Waals surface area contributed by atoms with Crippen molar-refractivity contribution in [2.75, 3.05) is 13.7 Å².